The van der Waals surface area contributed by atoms with Crippen molar-refractivity contribution in [3.63, 3.8) is 0 Å². The van der Waals surface area contributed by atoms with Crippen LogP contribution in [0.25, 0.3) is 0 Å². The van der Waals surface area contributed by atoms with Gasteiger partial charge in [-0.05, 0) is 39.2 Å². The molecule has 0 saturated heterocycles. The second kappa shape index (κ2) is 5.83. The summed E-state index contributed by atoms with van der Waals surface area (Å²) in [6.45, 7) is 14.0. The molecular formula is C14H27N3O. The minimum Gasteiger partial charge on any atom is -0.425 e. The number of aryl methyl sites for hydroxylation is 1. The Morgan fingerprint density at radius 2 is 1.61 bits per heavy atom. The highest BCUT2D eigenvalue weighted by Crippen LogP contribution is 2.19. The van der Waals surface area contributed by atoms with E-state index in [1.165, 1.54) is 0 Å². The van der Waals surface area contributed by atoms with Crippen molar-refractivity contribution in [1.82, 2.24) is 15.5 Å². The van der Waals surface area contributed by atoms with Crippen molar-refractivity contribution in [3.05, 3.63) is 11.8 Å². The number of hydrogen-bond acceptors (Lipinski definition) is 4. The van der Waals surface area contributed by atoms with Crippen molar-refractivity contribution in [2.45, 2.75) is 66.3 Å². The Bertz CT molecular complexity index is 358. The molecule has 1 rings (SSSR count). The molecule has 1 N–H and O–H groups in total. The third-order valence-corrected chi connectivity index (χ3v) is 2.41. The van der Waals surface area contributed by atoms with E-state index in [1.54, 1.807) is 0 Å². The number of aromatic nitrogens is 2. The fourth-order valence-corrected chi connectivity index (χ4v) is 1.62. The van der Waals surface area contributed by atoms with Gasteiger partial charge in [-0.1, -0.05) is 20.8 Å². The molecule has 0 aliphatic rings. The second-order valence-corrected chi connectivity index (χ2v) is 7.11. The Morgan fingerprint density at radius 3 is 2.17 bits per heavy atom. The Labute approximate surface area is 111 Å². The lowest BCUT2D eigenvalue weighted by atomic mass is 9.92. The first kappa shape index (κ1) is 15.2. The molecule has 1 aromatic heterocycles. The van der Waals surface area contributed by atoms with E-state index in [9.17, 15) is 0 Å². The molecule has 0 amide bonds. The average molecular weight is 253 g/mol. The van der Waals surface area contributed by atoms with E-state index in [1.807, 2.05) is 0 Å². The van der Waals surface area contributed by atoms with Crippen LogP contribution in [-0.4, -0.2) is 22.3 Å². The minimum absolute atomic E-state index is 0.173. The summed E-state index contributed by atoms with van der Waals surface area (Å²) in [4.78, 5) is 0. The molecule has 18 heavy (non-hydrogen) atoms. The fourth-order valence-electron chi connectivity index (χ4n) is 1.62. The van der Waals surface area contributed by atoms with Crippen LogP contribution in [0.2, 0.25) is 0 Å². The minimum atomic E-state index is 0.173. The van der Waals surface area contributed by atoms with Gasteiger partial charge in [-0.2, -0.15) is 0 Å². The molecular weight excluding hydrogens is 226 g/mol. The van der Waals surface area contributed by atoms with Crippen LogP contribution < -0.4 is 5.32 Å². The van der Waals surface area contributed by atoms with Crippen LogP contribution in [0, 0.1) is 5.41 Å². The van der Waals surface area contributed by atoms with Gasteiger partial charge in [0.15, 0.2) is 0 Å². The van der Waals surface area contributed by atoms with Crippen LogP contribution >= 0.6 is 0 Å². The Balaban J connectivity index is 2.32. The van der Waals surface area contributed by atoms with Crippen molar-refractivity contribution in [2.75, 3.05) is 6.54 Å². The maximum absolute atomic E-state index is 5.64. The van der Waals surface area contributed by atoms with Crippen LogP contribution in [0.5, 0.6) is 0 Å². The molecule has 0 atom stereocenters. The van der Waals surface area contributed by atoms with E-state index in [2.05, 4.69) is 57.1 Å². The summed E-state index contributed by atoms with van der Waals surface area (Å²) in [5.74, 6) is 1.51. The van der Waals surface area contributed by atoms with E-state index >= 15 is 0 Å². The molecule has 1 aromatic rings. The second-order valence-electron chi connectivity index (χ2n) is 7.11. The number of nitrogens with zero attached hydrogens (tertiary/aromatic N) is 2. The van der Waals surface area contributed by atoms with Gasteiger partial charge in [-0.25, -0.2) is 0 Å². The normalized spacial score (nSPS) is 13.0. The van der Waals surface area contributed by atoms with Gasteiger partial charge >= 0.3 is 0 Å². The predicted octanol–water partition coefficient (Wildman–Crippen LogP) is 2.98. The van der Waals surface area contributed by atoms with E-state index in [0.29, 0.717) is 0 Å². The van der Waals surface area contributed by atoms with Crippen molar-refractivity contribution in [3.8, 4) is 0 Å². The number of rotatable bonds is 5. The summed E-state index contributed by atoms with van der Waals surface area (Å²) in [6, 6.07) is 0. The molecule has 1 heterocycles. The van der Waals surface area contributed by atoms with Crippen LogP contribution in [0.4, 0.5) is 0 Å². The quantitative estimate of drug-likeness (QED) is 0.820. The van der Waals surface area contributed by atoms with Gasteiger partial charge in [0, 0.05) is 18.4 Å². The summed E-state index contributed by atoms with van der Waals surface area (Å²) in [5.41, 5.74) is 0.365. The summed E-state index contributed by atoms with van der Waals surface area (Å²) in [5, 5.41) is 11.6. The zero-order chi connectivity index (χ0) is 13.8. The molecule has 0 aliphatic carbocycles. The van der Waals surface area contributed by atoms with Gasteiger partial charge < -0.3 is 9.73 Å². The standard InChI is InChI=1S/C14H27N3O/c1-13(2,3)10-12-17-16-11(18-12)8-7-9-15-14(4,5)6/h15H,7-10H2,1-6H3. The maximum atomic E-state index is 5.64. The number of nitrogens with one attached hydrogen (secondary N) is 1. The van der Waals surface area contributed by atoms with E-state index in [-0.39, 0.29) is 11.0 Å². The van der Waals surface area contributed by atoms with Crippen molar-refractivity contribution in [1.29, 1.82) is 0 Å². The zero-order valence-corrected chi connectivity index (χ0v) is 12.6. The molecule has 0 spiro atoms. The molecule has 0 aromatic carbocycles. The molecule has 4 nitrogen and oxygen atoms in total. The van der Waals surface area contributed by atoms with E-state index in [0.717, 1.165) is 37.6 Å². The Kier molecular flexibility index (Phi) is 4.91. The van der Waals surface area contributed by atoms with Gasteiger partial charge in [-0.15, -0.1) is 10.2 Å². The maximum Gasteiger partial charge on any atom is 0.217 e. The van der Waals surface area contributed by atoms with Gasteiger partial charge in [0.1, 0.15) is 0 Å². The zero-order valence-electron chi connectivity index (χ0n) is 12.6. The molecule has 104 valence electrons. The molecule has 0 saturated carbocycles. The molecule has 4 heteroatoms. The summed E-state index contributed by atoms with van der Waals surface area (Å²) in [6.07, 6.45) is 2.70. The topological polar surface area (TPSA) is 51.0 Å². The molecule has 0 aliphatic heterocycles. The van der Waals surface area contributed by atoms with Gasteiger partial charge in [0.25, 0.3) is 0 Å². The highest BCUT2D eigenvalue weighted by atomic mass is 16.4. The lowest BCUT2D eigenvalue weighted by Crippen LogP contribution is -2.36. The summed E-state index contributed by atoms with van der Waals surface area (Å²) >= 11 is 0. The highest BCUT2D eigenvalue weighted by molar-refractivity contribution is 4.86. The SMILES string of the molecule is CC(C)(C)Cc1nnc(CCCNC(C)(C)C)o1. The van der Waals surface area contributed by atoms with Gasteiger partial charge in [0.2, 0.25) is 11.8 Å². The first-order chi connectivity index (χ1) is 8.16. The summed E-state index contributed by atoms with van der Waals surface area (Å²) < 4.78 is 5.64. The smallest absolute Gasteiger partial charge is 0.217 e. The van der Waals surface area contributed by atoms with Crippen LogP contribution in [0.1, 0.15) is 59.7 Å². The third-order valence-electron chi connectivity index (χ3n) is 2.41. The largest absolute Gasteiger partial charge is 0.425 e. The van der Waals surface area contributed by atoms with Crippen molar-refractivity contribution in [2.24, 2.45) is 5.41 Å². The Morgan fingerprint density at radius 1 is 1.00 bits per heavy atom. The van der Waals surface area contributed by atoms with Gasteiger partial charge in [0.05, 0.1) is 0 Å². The Hall–Kier alpha value is -0.900. The van der Waals surface area contributed by atoms with Crippen LogP contribution in [0.3, 0.4) is 0 Å². The van der Waals surface area contributed by atoms with E-state index in [4.69, 9.17) is 4.42 Å². The summed E-state index contributed by atoms with van der Waals surface area (Å²) in [7, 11) is 0. The van der Waals surface area contributed by atoms with Crippen LogP contribution in [-0.2, 0) is 12.8 Å². The van der Waals surface area contributed by atoms with Crippen LogP contribution in [0.15, 0.2) is 4.42 Å². The molecule has 0 radical (unpaired) electrons. The first-order valence-corrected chi connectivity index (χ1v) is 6.72. The lowest BCUT2D eigenvalue weighted by molar-refractivity contribution is 0.342. The molecule has 0 fully saturated rings. The van der Waals surface area contributed by atoms with Gasteiger partial charge in [-0.3, -0.25) is 0 Å². The number of hydrogen-bond donors (Lipinski definition) is 1. The fraction of sp³-hybridized carbons (Fsp3) is 0.857. The predicted molar refractivity (Wildman–Crippen MR) is 73.5 cm³/mol. The highest BCUT2D eigenvalue weighted by Gasteiger charge is 2.16. The molecule has 0 bridgehead atoms. The molecule has 0 unspecified atom stereocenters. The van der Waals surface area contributed by atoms with Crippen molar-refractivity contribution >= 4 is 0 Å². The average Bonchev–Trinajstić information content (AvgIpc) is 2.56. The third kappa shape index (κ3) is 6.74. The monoisotopic (exact) mass is 253 g/mol. The lowest BCUT2D eigenvalue weighted by Gasteiger charge is -2.19. The van der Waals surface area contributed by atoms with E-state index < -0.39 is 0 Å². The van der Waals surface area contributed by atoms with Crippen molar-refractivity contribution < 1.29 is 4.42 Å². The first-order valence-electron chi connectivity index (χ1n) is 6.72.